The maximum atomic E-state index is 9.83. The third-order valence-electron chi connectivity index (χ3n) is 6.33. The van der Waals surface area contributed by atoms with E-state index in [4.69, 9.17) is 26.3 Å². The predicted molar refractivity (Wildman–Crippen MR) is 119 cm³/mol. The highest BCUT2D eigenvalue weighted by molar-refractivity contribution is 6.34. The van der Waals surface area contributed by atoms with E-state index in [9.17, 15) is 5.11 Å². The SMILES string of the molecule is OC1CCN(C2COCCN(C3C=C(c4nc5ccccc5[nH]4)C(Cl)C=N3)C2)CC1. The van der Waals surface area contributed by atoms with Crippen LogP contribution in [0.3, 0.4) is 0 Å². The number of alkyl halides is 1. The highest BCUT2D eigenvalue weighted by Crippen LogP contribution is 2.27. The quantitative estimate of drug-likeness (QED) is 0.731. The third kappa shape index (κ3) is 4.18. The van der Waals surface area contributed by atoms with E-state index in [0.29, 0.717) is 12.6 Å². The van der Waals surface area contributed by atoms with Gasteiger partial charge in [0.15, 0.2) is 0 Å². The number of hydrogen-bond donors (Lipinski definition) is 2. The Kier molecular flexibility index (Phi) is 5.89. The minimum atomic E-state index is -0.301. The molecule has 2 saturated heterocycles. The van der Waals surface area contributed by atoms with E-state index in [1.807, 2.05) is 30.5 Å². The average Bonchev–Trinajstić information content (AvgIpc) is 3.04. The predicted octanol–water partition coefficient (Wildman–Crippen LogP) is 2.12. The number of rotatable bonds is 3. The number of aliphatic imine (C=N–C) groups is 1. The van der Waals surface area contributed by atoms with Gasteiger partial charge in [0.05, 0.1) is 35.7 Å². The minimum Gasteiger partial charge on any atom is -0.393 e. The lowest BCUT2D eigenvalue weighted by molar-refractivity contribution is 0.0281. The highest BCUT2D eigenvalue weighted by Gasteiger charge is 2.31. The van der Waals surface area contributed by atoms with E-state index in [0.717, 1.165) is 68.1 Å². The number of aromatic nitrogens is 2. The summed E-state index contributed by atoms with van der Waals surface area (Å²) in [7, 11) is 0. The van der Waals surface area contributed by atoms with Gasteiger partial charge in [-0.15, -0.1) is 11.6 Å². The Hall–Kier alpha value is -1.77. The average molecular weight is 430 g/mol. The lowest BCUT2D eigenvalue weighted by atomic mass is 10.0. The topological polar surface area (TPSA) is 77.0 Å². The molecule has 5 rings (SSSR count). The van der Waals surface area contributed by atoms with Gasteiger partial charge >= 0.3 is 0 Å². The van der Waals surface area contributed by atoms with Gasteiger partial charge in [0.25, 0.3) is 0 Å². The van der Waals surface area contributed by atoms with Crippen molar-refractivity contribution >= 4 is 34.4 Å². The second-order valence-corrected chi connectivity index (χ2v) is 8.80. The van der Waals surface area contributed by atoms with E-state index in [-0.39, 0.29) is 17.6 Å². The molecule has 3 aliphatic rings. The van der Waals surface area contributed by atoms with Crippen LogP contribution in [0.4, 0.5) is 0 Å². The van der Waals surface area contributed by atoms with Gasteiger partial charge in [-0.3, -0.25) is 14.8 Å². The Morgan fingerprint density at radius 2 is 1.97 bits per heavy atom. The molecule has 1 aromatic heterocycles. The summed E-state index contributed by atoms with van der Waals surface area (Å²) in [6, 6.07) is 8.32. The zero-order valence-corrected chi connectivity index (χ0v) is 17.7. The first kappa shape index (κ1) is 20.2. The van der Waals surface area contributed by atoms with Gasteiger partial charge in [-0.05, 0) is 31.1 Å². The normalized spacial score (nSPS) is 29.8. The van der Waals surface area contributed by atoms with Crippen molar-refractivity contribution in [3.8, 4) is 0 Å². The lowest BCUT2D eigenvalue weighted by Gasteiger charge is -2.38. The molecule has 7 nitrogen and oxygen atoms in total. The Morgan fingerprint density at radius 1 is 1.13 bits per heavy atom. The Morgan fingerprint density at radius 3 is 2.80 bits per heavy atom. The van der Waals surface area contributed by atoms with Gasteiger partial charge in [-0.25, -0.2) is 4.98 Å². The summed E-state index contributed by atoms with van der Waals surface area (Å²) in [5.74, 6) is 0.806. The number of H-pyrrole nitrogens is 1. The van der Waals surface area contributed by atoms with Gasteiger partial charge in [0, 0.05) is 44.0 Å². The minimum absolute atomic E-state index is 0.0807. The molecular formula is C22H28ClN5O2. The van der Waals surface area contributed by atoms with Crippen LogP contribution in [0.1, 0.15) is 18.7 Å². The molecular weight excluding hydrogens is 402 g/mol. The van der Waals surface area contributed by atoms with Gasteiger partial charge in [-0.2, -0.15) is 0 Å². The molecule has 0 amide bonds. The van der Waals surface area contributed by atoms with E-state index in [1.54, 1.807) is 0 Å². The van der Waals surface area contributed by atoms with Crippen LogP contribution in [0.15, 0.2) is 35.3 Å². The number of hydrogen-bond acceptors (Lipinski definition) is 6. The van der Waals surface area contributed by atoms with E-state index in [1.165, 1.54) is 0 Å². The first-order chi connectivity index (χ1) is 14.7. The van der Waals surface area contributed by atoms with Crippen LogP contribution in [0, 0.1) is 0 Å². The number of ether oxygens (including phenoxy) is 1. The molecule has 2 aromatic rings. The molecule has 160 valence electrons. The molecule has 3 unspecified atom stereocenters. The molecule has 1 aromatic carbocycles. The first-order valence-corrected chi connectivity index (χ1v) is 11.2. The number of aliphatic hydroxyl groups excluding tert-OH is 1. The number of piperidine rings is 1. The van der Waals surface area contributed by atoms with Gasteiger partial charge in [0.1, 0.15) is 12.0 Å². The second-order valence-electron chi connectivity index (χ2n) is 8.33. The van der Waals surface area contributed by atoms with Crippen molar-refractivity contribution in [1.82, 2.24) is 19.8 Å². The summed E-state index contributed by atoms with van der Waals surface area (Å²) in [6.07, 6.45) is 5.39. The standard InChI is InChI=1S/C22H28ClN5O2/c23-18-12-24-21(11-17(18)22-25-19-3-1-2-4-20(19)26-22)28-9-10-30-14-15(13-28)27-7-5-16(29)6-8-27/h1-4,11-12,15-16,18,21,29H,5-10,13-14H2,(H,25,26). The molecule has 0 radical (unpaired) electrons. The molecule has 3 aliphatic heterocycles. The molecule has 0 aliphatic carbocycles. The van der Waals surface area contributed by atoms with Crippen molar-refractivity contribution in [2.24, 2.45) is 4.99 Å². The van der Waals surface area contributed by atoms with Crippen LogP contribution in [0.2, 0.25) is 0 Å². The number of dihydropyridines is 1. The summed E-state index contributed by atoms with van der Waals surface area (Å²) >= 11 is 6.59. The van der Waals surface area contributed by atoms with Crippen molar-refractivity contribution in [2.75, 3.05) is 39.4 Å². The van der Waals surface area contributed by atoms with E-state index >= 15 is 0 Å². The van der Waals surface area contributed by atoms with Gasteiger partial charge in [-0.1, -0.05) is 12.1 Å². The highest BCUT2D eigenvalue weighted by atomic mass is 35.5. The van der Waals surface area contributed by atoms with Crippen LogP contribution in [0.25, 0.3) is 16.6 Å². The number of para-hydroxylation sites is 2. The fraction of sp³-hybridized carbons (Fsp3) is 0.545. The second kappa shape index (κ2) is 8.77. The molecule has 0 spiro atoms. The first-order valence-electron chi connectivity index (χ1n) is 10.8. The molecule has 0 bridgehead atoms. The molecule has 4 heterocycles. The number of nitrogens with zero attached hydrogens (tertiary/aromatic N) is 4. The van der Waals surface area contributed by atoms with Crippen molar-refractivity contribution in [2.45, 2.75) is 36.5 Å². The number of aliphatic hydroxyl groups is 1. The van der Waals surface area contributed by atoms with E-state index in [2.05, 4.69) is 20.9 Å². The summed E-state index contributed by atoms with van der Waals surface area (Å²) in [5.41, 5.74) is 2.91. The van der Waals surface area contributed by atoms with E-state index < -0.39 is 0 Å². The number of halogens is 1. The maximum Gasteiger partial charge on any atom is 0.136 e. The number of likely N-dealkylation sites (tertiary alicyclic amines) is 1. The molecule has 2 fully saturated rings. The van der Waals surface area contributed by atoms with Crippen molar-refractivity contribution in [3.05, 3.63) is 36.2 Å². The maximum absolute atomic E-state index is 9.83. The molecule has 2 N–H and O–H groups in total. The lowest BCUT2D eigenvalue weighted by Crippen LogP contribution is -2.50. The Labute approximate surface area is 181 Å². The summed E-state index contributed by atoms with van der Waals surface area (Å²) < 4.78 is 5.92. The zero-order valence-electron chi connectivity index (χ0n) is 17.0. The largest absolute Gasteiger partial charge is 0.393 e. The summed E-state index contributed by atoms with van der Waals surface area (Å²) in [5, 5.41) is 9.53. The number of benzene rings is 1. The smallest absolute Gasteiger partial charge is 0.136 e. The van der Waals surface area contributed by atoms with Crippen LogP contribution in [-0.4, -0.2) is 94.2 Å². The Bertz CT molecular complexity index is 904. The molecule has 30 heavy (non-hydrogen) atoms. The number of allylic oxidation sites excluding steroid dienone is 1. The van der Waals surface area contributed by atoms with Crippen LogP contribution in [0.5, 0.6) is 0 Å². The van der Waals surface area contributed by atoms with Gasteiger partial charge in [0.2, 0.25) is 0 Å². The van der Waals surface area contributed by atoms with Crippen LogP contribution in [-0.2, 0) is 4.74 Å². The number of fused-ring (bicyclic) bond motifs is 1. The molecule has 0 saturated carbocycles. The zero-order chi connectivity index (χ0) is 20.5. The van der Waals surface area contributed by atoms with Crippen molar-refractivity contribution in [3.63, 3.8) is 0 Å². The van der Waals surface area contributed by atoms with Crippen molar-refractivity contribution < 1.29 is 9.84 Å². The van der Waals surface area contributed by atoms with Crippen molar-refractivity contribution in [1.29, 1.82) is 0 Å². The van der Waals surface area contributed by atoms with Crippen LogP contribution < -0.4 is 0 Å². The fourth-order valence-electron chi connectivity index (χ4n) is 4.57. The molecule has 3 atom stereocenters. The number of nitrogens with one attached hydrogen (secondary N) is 1. The van der Waals surface area contributed by atoms with Crippen LogP contribution >= 0.6 is 11.6 Å². The molecule has 8 heteroatoms. The number of imidazole rings is 1. The summed E-state index contributed by atoms with van der Waals surface area (Å²) in [4.78, 5) is 17.7. The third-order valence-corrected chi connectivity index (χ3v) is 6.67. The summed E-state index contributed by atoms with van der Waals surface area (Å²) in [6.45, 7) is 4.96. The fourth-order valence-corrected chi connectivity index (χ4v) is 4.81. The Balaban J connectivity index is 1.36. The number of aromatic amines is 1. The van der Waals surface area contributed by atoms with Gasteiger partial charge < -0.3 is 14.8 Å². The monoisotopic (exact) mass is 429 g/mol.